The van der Waals surface area contributed by atoms with E-state index >= 15 is 0 Å². The van der Waals surface area contributed by atoms with E-state index in [1.165, 1.54) is 4.90 Å². The Labute approximate surface area is 180 Å². The first-order valence-corrected chi connectivity index (χ1v) is 10.1. The van der Waals surface area contributed by atoms with Gasteiger partial charge in [-0.1, -0.05) is 42.5 Å². The topological polar surface area (TPSA) is 66.6 Å². The largest absolute Gasteiger partial charge is 0.397 e. The molecule has 0 aliphatic carbocycles. The molecule has 152 valence electrons. The fourth-order valence-corrected chi connectivity index (χ4v) is 4.20. The molecule has 0 aromatic heterocycles. The maximum atomic E-state index is 13.2. The van der Waals surface area contributed by atoms with Gasteiger partial charge in [-0.15, -0.1) is 0 Å². The van der Waals surface area contributed by atoms with Crippen molar-refractivity contribution >= 4 is 39.6 Å². The Kier molecular flexibility index (Phi) is 4.44. The summed E-state index contributed by atoms with van der Waals surface area (Å²) in [5.74, 6) is -0.193. The highest BCUT2D eigenvalue weighted by Crippen LogP contribution is 2.33. The smallest absolute Gasteiger partial charge is 0.259 e. The Morgan fingerprint density at radius 2 is 1.61 bits per heavy atom. The molecule has 1 aliphatic heterocycles. The maximum absolute atomic E-state index is 13.2. The average molecular weight is 407 g/mol. The molecular formula is C26H21N3O2. The van der Waals surface area contributed by atoms with E-state index in [1.807, 2.05) is 60.7 Å². The van der Waals surface area contributed by atoms with Gasteiger partial charge in [-0.05, 0) is 58.8 Å². The van der Waals surface area contributed by atoms with Gasteiger partial charge in [-0.2, -0.15) is 0 Å². The van der Waals surface area contributed by atoms with Crippen LogP contribution < -0.4 is 15.5 Å². The molecule has 5 rings (SSSR count). The van der Waals surface area contributed by atoms with Crippen LogP contribution in [0.2, 0.25) is 0 Å². The molecule has 2 amide bonds. The molecule has 0 bridgehead atoms. The second-order valence-electron chi connectivity index (χ2n) is 7.68. The Balaban J connectivity index is 1.44. The molecule has 0 saturated heterocycles. The van der Waals surface area contributed by atoms with Gasteiger partial charge in [0.1, 0.15) is 0 Å². The van der Waals surface area contributed by atoms with E-state index in [-0.39, 0.29) is 11.8 Å². The van der Waals surface area contributed by atoms with Crippen LogP contribution in [0.15, 0.2) is 84.9 Å². The SMILES string of the molecule is CN(C(=O)c1ccc(N2Cc3cccc4cccc(c34)C2=O)cc1)c1ccccc1N. The Morgan fingerprint density at radius 3 is 2.35 bits per heavy atom. The Hall–Kier alpha value is -4.12. The summed E-state index contributed by atoms with van der Waals surface area (Å²) in [5.41, 5.74) is 10.3. The highest BCUT2D eigenvalue weighted by molar-refractivity contribution is 6.17. The van der Waals surface area contributed by atoms with Crippen LogP contribution in [0, 0.1) is 0 Å². The second-order valence-corrected chi connectivity index (χ2v) is 7.68. The fourth-order valence-electron chi connectivity index (χ4n) is 4.20. The van der Waals surface area contributed by atoms with Crippen molar-refractivity contribution in [1.82, 2.24) is 0 Å². The van der Waals surface area contributed by atoms with Gasteiger partial charge in [-0.25, -0.2) is 0 Å². The molecule has 4 aromatic rings. The van der Waals surface area contributed by atoms with Crippen LogP contribution in [0.5, 0.6) is 0 Å². The number of rotatable bonds is 3. The molecule has 0 saturated carbocycles. The van der Waals surface area contributed by atoms with E-state index in [0.717, 1.165) is 22.0 Å². The molecule has 31 heavy (non-hydrogen) atoms. The van der Waals surface area contributed by atoms with Crippen LogP contribution in [0.4, 0.5) is 17.1 Å². The van der Waals surface area contributed by atoms with Crippen LogP contribution in [-0.2, 0) is 6.54 Å². The van der Waals surface area contributed by atoms with Crippen molar-refractivity contribution in [2.45, 2.75) is 6.54 Å². The van der Waals surface area contributed by atoms with E-state index in [2.05, 4.69) is 6.07 Å². The van der Waals surface area contributed by atoms with E-state index in [0.29, 0.717) is 29.0 Å². The normalized spacial score (nSPS) is 12.8. The van der Waals surface area contributed by atoms with Crippen LogP contribution in [-0.4, -0.2) is 18.9 Å². The van der Waals surface area contributed by atoms with Gasteiger partial charge in [0.2, 0.25) is 0 Å². The number of anilines is 3. The van der Waals surface area contributed by atoms with Gasteiger partial charge in [0.25, 0.3) is 11.8 Å². The van der Waals surface area contributed by atoms with Crippen molar-refractivity contribution < 1.29 is 9.59 Å². The summed E-state index contributed by atoms with van der Waals surface area (Å²) >= 11 is 0. The van der Waals surface area contributed by atoms with Gasteiger partial charge in [0.05, 0.1) is 17.9 Å². The summed E-state index contributed by atoms with van der Waals surface area (Å²) in [7, 11) is 1.70. The predicted molar refractivity (Wildman–Crippen MR) is 124 cm³/mol. The van der Waals surface area contributed by atoms with Crippen molar-refractivity contribution in [2.24, 2.45) is 0 Å². The lowest BCUT2D eigenvalue weighted by atomic mass is 9.94. The van der Waals surface area contributed by atoms with Gasteiger partial charge < -0.3 is 15.5 Å². The van der Waals surface area contributed by atoms with Gasteiger partial charge in [0.15, 0.2) is 0 Å². The zero-order valence-corrected chi connectivity index (χ0v) is 17.1. The third-order valence-electron chi connectivity index (χ3n) is 5.82. The number of benzene rings is 4. The molecule has 0 unspecified atom stereocenters. The quantitative estimate of drug-likeness (QED) is 0.493. The van der Waals surface area contributed by atoms with E-state index in [1.54, 1.807) is 30.1 Å². The number of nitrogens with two attached hydrogens (primary N) is 1. The van der Waals surface area contributed by atoms with E-state index in [4.69, 9.17) is 5.73 Å². The molecule has 1 aliphatic rings. The van der Waals surface area contributed by atoms with Crippen LogP contribution in [0.1, 0.15) is 26.3 Å². The lowest BCUT2D eigenvalue weighted by Crippen LogP contribution is -2.34. The lowest BCUT2D eigenvalue weighted by Gasteiger charge is -2.29. The first-order chi connectivity index (χ1) is 15.0. The molecule has 2 N–H and O–H groups in total. The lowest BCUT2D eigenvalue weighted by molar-refractivity contribution is 0.0981. The van der Waals surface area contributed by atoms with Crippen molar-refractivity contribution in [3.8, 4) is 0 Å². The zero-order chi connectivity index (χ0) is 21.5. The summed E-state index contributed by atoms with van der Waals surface area (Å²) in [5, 5.41) is 2.10. The molecule has 0 radical (unpaired) electrons. The van der Waals surface area contributed by atoms with Crippen molar-refractivity contribution in [1.29, 1.82) is 0 Å². The summed E-state index contributed by atoms with van der Waals surface area (Å²) in [6.07, 6.45) is 0. The first-order valence-electron chi connectivity index (χ1n) is 10.1. The summed E-state index contributed by atoms with van der Waals surface area (Å²) < 4.78 is 0. The highest BCUT2D eigenvalue weighted by Gasteiger charge is 2.27. The molecule has 1 heterocycles. The Morgan fingerprint density at radius 1 is 0.903 bits per heavy atom. The predicted octanol–water partition coefficient (Wildman–Crippen LogP) is 4.86. The number of carbonyl (C=O) groups is 2. The molecular weight excluding hydrogens is 386 g/mol. The number of nitrogen functional groups attached to an aromatic ring is 1. The number of hydrogen-bond donors (Lipinski definition) is 1. The number of carbonyl (C=O) groups excluding carboxylic acids is 2. The van der Waals surface area contributed by atoms with E-state index < -0.39 is 0 Å². The molecule has 4 aromatic carbocycles. The minimum atomic E-state index is -0.162. The number of para-hydroxylation sites is 2. The summed E-state index contributed by atoms with van der Waals surface area (Å²) in [6, 6.07) is 26.3. The van der Waals surface area contributed by atoms with Crippen LogP contribution in [0.25, 0.3) is 10.8 Å². The number of amides is 2. The standard InChI is InChI=1S/C26H21N3O2/c1-28(23-11-3-2-10-22(23)27)25(30)18-12-14-20(15-13-18)29-16-19-8-4-6-17-7-5-9-21(24(17)19)26(29)31/h2-15H,16,27H2,1H3. The second kappa shape index (κ2) is 7.29. The van der Waals surface area contributed by atoms with Gasteiger partial charge in [0, 0.05) is 23.9 Å². The van der Waals surface area contributed by atoms with Crippen molar-refractivity contribution in [3.63, 3.8) is 0 Å². The average Bonchev–Trinajstić information content (AvgIpc) is 2.81. The van der Waals surface area contributed by atoms with Crippen LogP contribution >= 0.6 is 0 Å². The fraction of sp³-hybridized carbons (Fsp3) is 0.0769. The van der Waals surface area contributed by atoms with Gasteiger partial charge in [-0.3, -0.25) is 9.59 Å². The molecule has 0 atom stereocenters. The minimum absolute atomic E-state index is 0.0300. The molecule has 5 heteroatoms. The molecule has 0 spiro atoms. The molecule has 5 nitrogen and oxygen atoms in total. The Bertz CT molecular complexity index is 1320. The molecule has 0 fully saturated rings. The number of hydrogen-bond acceptors (Lipinski definition) is 3. The number of nitrogens with zero attached hydrogens (tertiary/aromatic N) is 2. The first kappa shape index (κ1) is 18.9. The van der Waals surface area contributed by atoms with Gasteiger partial charge >= 0.3 is 0 Å². The highest BCUT2D eigenvalue weighted by atomic mass is 16.2. The monoisotopic (exact) mass is 407 g/mol. The zero-order valence-electron chi connectivity index (χ0n) is 17.1. The van der Waals surface area contributed by atoms with Crippen molar-refractivity contribution in [3.05, 3.63) is 102 Å². The van der Waals surface area contributed by atoms with Crippen LogP contribution in [0.3, 0.4) is 0 Å². The minimum Gasteiger partial charge on any atom is -0.397 e. The maximum Gasteiger partial charge on any atom is 0.259 e. The van der Waals surface area contributed by atoms with E-state index in [9.17, 15) is 9.59 Å². The van der Waals surface area contributed by atoms with Crippen molar-refractivity contribution in [2.75, 3.05) is 22.6 Å². The third kappa shape index (κ3) is 3.11. The summed E-state index contributed by atoms with van der Waals surface area (Å²) in [6.45, 7) is 0.501. The third-order valence-corrected chi connectivity index (χ3v) is 5.82. The summed E-state index contributed by atoms with van der Waals surface area (Å²) in [4.78, 5) is 29.4.